The molecule has 2 atom stereocenters. The van der Waals surface area contributed by atoms with Crippen molar-refractivity contribution < 1.29 is 23.8 Å². The number of pyridine rings is 2. The maximum atomic E-state index is 13.6. The lowest BCUT2D eigenvalue weighted by Crippen LogP contribution is -2.48. The summed E-state index contributed by atoms with van der Waals surface area (Å²) < 4.78 is 17.3. The molecule has 0 spiro atoms. The molecule has 2 aromatic heterocycles. The fourth-order valence-electron chi connectivity index (χ4n) is 5.43. The molecule has 3 aliphatic rings. The first-order valence-corrected chi connectivity index (χ1v) is 13.7. The Balaban J connectivity index is 1.15. The Bertz CT molecular complexity index is 1400. The summed E-state index contributed by atoms with van der Waals surface area (Å²) in [5.74, 6) is 0.765. The number of hydrogen-bond donors (Lipinski definition) is 1. The molecule has 2 fully saturated rings. The number of carbonyl (C=O) groups is 2. The SMILES string of the molecule is CC1(C)OC[C@H](COc2ccnc(NC(=O)N3c4nc(C(=O)CCc5ccccc5)ccc4N4CC[C@H]3C4)c2)O1. The van der Waals surface area contributed by atoms with Crippen molar-refractivity contribution in [3.8, 4) is 5.75 Å². The van der Waals surface area contributed by atoms with Gasteiger partial charge in [-0.05, 0) is 50.5 Å². The van der Waals surface area contributed by atoms with Crippen LogP contribution >= 0.6 is 0 Å². The molecular weight excluding hydrogens is 510 g/mol. The first-order chi connectivity index (χ1) is 19.3. The van der Waals surface area contributed by atoms with E-state index in [2.05, 4.69) is 15.2 Å². The smallest absolute Gasteiger partial charge is 0.329 e. The number of amides is 2. The largest absolute Gasteiger partial charge is 0.491 e. The van der Waals surface area contributed by atoms with Gasteiger partial charge in [0.25, 0.3) is 0 Å². The highest BCUT2D eigenvalue weighted by atomic mass is 16.7. The Morgan fingerprint density at radius 1 is 1.15 bits per heavy atom. The molecule has 1 N–H and O–H groups in total. The number of ether oxygens (including phenoxy) is 3. The monoisotopic (exact) mass is 543 g/mol. The van der Waals surface area contributed by atoms with Crippen molar-refractivity contribution in [1.82, 2.24) is 9.97 Å². The summed E-state index contributed by atoms with van der Waals surface area (Å²) in [4.78, 5) is 39.6. The number of benzene rings is 1. The number of nitrogens with zero attached hydrogens (tertiary/aromatic N) is 4. The van der Waals surface area contributed by atoms with E-state index in [0.29, 0.717) is 49.1 Å². The van der Waals surface area contributed by atoms with Crippen molar-refractivity contribution in [2.24, 2.45) is 0 Å². The third-order valence-electron chi connectivity index (χ3n) is 7.41. The van der Waals surface area contributed by atoms with Gasteiger partial charge in [-0.25, -0.2) is 14.8 Å². The van der Waals surface area contributed by atoms with Crippen LogP contribution in [0, 0.1) is 0 Å². The fourth-order valence-corrected chi connectivity index (χ4v) is 5.43. The number of nitrogens with one attached hydrogen (secondary N) is 1. The molecule has 208 valence electrons. The fraction of sp³-hybridized carbons (Fsp3) is 0.400. The predicted octanol–water partition coefficient (Wildman–Crippen LogP) is 4.45. The van der Waals surface area contributed by atoms with Crippen molar-refractivity contribution >= 4 is 29.1 Å². The van der Waals surface area contributed by atoms with Gasteiger partial charge in [-0.3, -0.25) is 15.0 Å². The molecule has 0 aliphatic carbocycles. The Kier molecular flexibility index (Phi) is 7.12. The first-order valence-electron chi connectivity index (χ1n) is 13.7. The summed E-state index contributed by atoms with van der Waals surface area (Å²) in [5, 5.41) is 2.91. The van der Waals surface area contributed by atoms with Crippen molar-refractivity contribution in [2.45, 2.75) is 51.0 Å². The highest BCUT2D eigenvalue weighted by Gasteiger charge is 2.40. The van der Waals surface area contributed by atoms with Crippen molar-refractivity contribution in [3.63, 3.8) is 0 Å². The van der Waals surface area contributed by atoms with Gasteiger partial charge < -0.3 is 19.1 Å². The Labute approximate surface area is 233 Å². The van der Waals surface area contributed by atoms with Gasteiger partial charge in [-0.1, -0.05) is 30.3 Å². The zero-order valence-electron chi connectivity index (χ0n) is 22.7. The molecule has 0 saturated carbocycles. The maximum Gasteiger partial charge on any atom is 0.329 e. The van der Waals surface area contributed by atoms with Gasteiger partial charge in [0.15, 0.2) is 17.4 Å². The standard InChI is InChI=1S/C30H33N5O5/c1-30(2)39-19-23(40-30)18-38-22-12-14-31-27(16-22)33-29(37)35-21-13-15-34(17-21)25-10-9-24(32-28(25)35)26(36)11-8-20-6-4-3-5-7-20/h3-7,9-10,12,14,16,21,23H,8,11,13,15,17-19H2,1-2H3,(H,31,33,37)/t21-,23-/m0/s1. The van der Waals surface area contributed by atoms with Crippen LogP contribution in [-0.2, 0) is 15.9 Å². The van der Waals surface area contributed by atoms with Crippen LogP contribution in [0.1, 0.15) is 42.7 Å². The number of hydrogen-bond acceptors (Lipinski definition) is 8. The van der Waals surface area contributed by atoms with Crippen LogP contribution in [0.5, 0.6) is 5.75 Å². The topological polar surface area (TPSA) is 106 Å². The summed E-state index contributed by atoms with van der Waals surface area (Å²) in [6.07, 6.45) is 3.22. The number of Topliss-reactive ketones (excluding diaryl/α,β-unsaturated/α-hetero) is 1. The average molecular weight is 544 g/mol. The van der Waals surface area contributed by atoms with E-state index in [1.54, 1.807) is 29.3 Å². The molecule has 3 aliphatic heterocycles. The number of rotatable bonds is 8. The molecule has 2 amide bonds. The predicted molar refractivity (Wildman–Crippen MR) is 150 cm³/mol. The number of ketones is 1. The van der Waals surface area contributed by atoms with Crippen LogP contribution in [0.4, 0.5) is 22.1 Å². The van der Waals surface area contributed by atoms with Crippen LogP contribution in [-0.4, -0.2) is 66.0 Å². The van der Waals surface area contributed by atoms with Crippen LogP contribution < -0.4 is 19.9 Å². The lowest BCUT2D eigenvalue weighted by Gasteiger charge is -2.35. The van der Waals surface area contributed by atoms with E-state index in [9.17, 15) is 9.59 Å². The first kappa shape index (κ1) is 26.2. The summed E-state index contributed by atoms with van der Waals surface area (Å²) in [5.41, 5.74) is 2.32. The summed E-state index contributed by atoms with van der Waals surface area (Å²) >= 11 is 0. The lowest BCUT2D eigenvalue weighted by molar-refractivity contribution is -0.141. The summed E-state index contributed by atoms with van der Waals surface area (Å²) in [6.45, 7) is 6.07. The van der Waals surface area contributed by atoms with E-state index in [4.69, 9.17) is 19.2 Å². The van der Waals surface area contributed by atoms with E-state index < -0.39 is 5.79 Å². The summed E-state index contributed by atoms with van der Waals surface area (Å²) in [7, 11) is 0. The van der Waals surface area contributed by atoms with Crippen LogP contribution in [0.2, 0.25) is 0 Å². The van der Waals surface area contributed by atoms with Crippen LogP contribution in [0.3, 0.4) is 0 Å². The van der Waals surface area contributed by atoms with Crippen LogP contribution in [0.25, 0.3) is 0 Å². The highest BCUT2D eigenvalue weighted by Crippen LogP contribution is 2.39. The van der Waals surface area contributed by atoms with Gasteiger partial charge in [0.2, 0.25) is 0 Å². The molecule has 2 bridgehead atoms. The maximum absolute atomic E-state index is 13.6. The second-order valence-electron chi connectivity index (χ2n) is 10.8. The second-order valence-corrected chi connectivity index (χ2v) is 10.8. The number of aromatic nitrogens is 2. The van der Waals surface area contributed by atoms with Gasteiger partial charge >= 0.3 is 6.03 Å². The van der Waals surface area contributed by atoms with Crippen molar-refractivity contribution in [1.29, 1.82) is 0 Å². The minimum atomic E-state index is -0.619. The van der Waals surface area contributed by atoms with E-state index in [1.807, 2.05) is 50.2 Å². The molecule has 40 heavy (non-hydrogen) atoms. The van der Waals surface area contributed by atoms with Crippen molar-refractivity contribution in [3.05, 3.63) is 72.1 Å². The number of aryl methyl sites for hydroxylation is 1. The zero-order valence-corrected chi connectivity index (χ0v) is 22.7. The van der Waals surface area contributed by atoms with Gasteiger partial charge in [0.1, 0.15) is 30.0 Å². The van der Waals surface area contributed by atoms with Gasteiger partial charge in [-0.15, -0.1) is 0 Å². The molecule has 5 heterocycles. The van der Waals surface area contributed by atoms with Crippen molar-refractivity contribution in [2.75, 3.05) is 41.4 Å². The molecular formula is C30H33N5O5. The van der Waals surface area contributed by atoms with E-state index in [-0.39, 0.29) is 24.0 Å². The average Bonchev–Trinajstić information content (AvgIpc) is 3.54. The number of urea groups is 1. The van der Waals surface area contributed by atoms with E-state index in [1.165, 1.54) is 0 Å². The molecule has 10 heteroatoms. The van der Waals surface area contributed by atoms with E-state index in [0.717, 1.165) is 30.8 Å². The number of fused-ring (bicyclic) bond motifs is 4. The lowest BCUT2D eigenvalue weighted by atomic mass is 10.1. The Morgan fingerprint density at radius 2 is 2.00 bits per heavy atom. The molecule has 2 saturated heterocycles. The minimum absolute atomic E-state index is 0.0445. The van der Waals surface area contributed by atoms with Gasteiger partial charge in [0.05, 0.1) is 18.3 Å². The zero-order chi connectivity index (χ0) is 27.7. The third-order valence-corrected chi connectivity index (χ3v) is 7.41. The molecule has 10 nitrogen and oxygen atoms in total. The number of carbonyl (C=O) groups excluding carboxylic acids is 2. The normalized spacial score (nSPS) is 20.8. The Hall–Kier alpha value is -4.02. The quantitative estimate of drug-likeness (QED) is 0.416. The van der Waals surface area contributed by atoms with Gasteiger partial charge in [-0.2, -0.15) is 0 Å². The molecule has 3 aromatic rings. The third kappa shape index (κ3) is 5.64. The Morgan fingerprint density at radius 3 is 2.80 bits per heavy atom. The molecule has 0 unspecified atom stereocenters. The van der Waals surface area contributed by atoms with Crippen LogP contribution in [0.15, 0.2) is 60.8 Å². The molecule has 6 rings (SSSR count). The summed E-state index contributed by atoms with van der Waals surface area (Å²) in [6, 6.07) is 16.6. The molecule has 0 radical (unpaired) electrons. The highest BCUT2D eigenvalue weighted by molar-refractivity contribution is 6.05. The number of anilines is 3. The minimum Gasteiger partial charge on any atom is -0.491 e. The second kappa shape index (κ2) is 10.9. The van der Waals surface area contributed by atoms with E-state index >= 15 is 0 Å². The van der Waals surface area contributed by atoms with Gasteiger partial charge in [0, 0.05) is 31.8 Å². The molecule has 1 aromatic carbocycles.